The first-order valence-corrected chi connectivity index (χ1v) is 20.4. The van der Waals surface area contributed by atoms with Gasteiger partial charge >= 0.3 is 11.9 Å². The molecule has 0 heterocycles. The Kier molecular flexibility index (Phi) is 32.4. The van der Waals surface area contributed by atoms with E-state index in [0.717, 1.165) is 32.1 Å². The lowest BCUT2D eigenvalue weighted by Crippen LogP contribution is -2.55. The van der Waals surface area contributed by atoms with E-state index in [-0.39, 0.29) is 49.1 Å². The van der Waals surface area contributed by atoms with E-state index in [1.165, 1.54) is 103 Å². The third kappa shape index (κ3) is 31.8. The molecule has 292 valence electrons. The largest absolute Gasteiger partial charge is 0.544 e. The monoisotopic (exact) mass is 708 g/mol. The predicted molar refractivity (Wildman–Crippen MR) is 204 cm³/mol. The lowest BCUT2D eigenvalue weighted by Gasteiger charge is -2.34. The third-order valence-electron chi connectivity index (χ3n) is 9.12. The van der Waals surface area contributed by atoms with Gasteiger partial charge in [-0.25, -0.2) is 0 Å². The average molecular weight is 708 g/mol. The summed E-state index contributed by atoms with van der Waals surface area (Å²) in [7, 11) is 5.38. The van der Waals surface area contributed by atoms with Gasteiger partial charge < -0.3 is 28.6 Å². The summed E-state index contributed by atoms with van der Waals surface area (Å²) in [5.74, 6) is -1.82. The fraction of sp³-hybridized carbons (Fsp3) is 0.833. The van der Waals surface area contributed by atoms with Crippen molar-refractivity contribution < 1.29 is 38.2 Å². The van der Waals surface area contributed by atoms with Gasteiger partial charge in [0.15, 0.2) is 6.10 Å². The maximum Gasteiger partial charge on any atom is 0.306 e. The molecule has 2 atom stereocenters. The maximum atomic E-state index is 12.5. The second-order valence-electron chi connectivity index (χ2n) is 14.8. The van der Waals surface area contributed by atoms with Crippen molar-refractivity contribution in [1.29, 1.82) is 0 Å². The number of quaternary nitrogens is 1. The van der Waals surface area contributed by atoms with Gasteiger partial charge in [-0.05, 0) is 25.7 Å². The maximum absolute atomic E-state index is 12.5. The molecule has 0 saturated carbocycles. The van der Waals surface area contributed by atoms with Crippen LogP contribution in [0.25, 0.3) is 0 Å². The Hall–Kier alpha value is -2.19. The van der Waals surface area contributed by atoms with Gasteiger partial charge in [-0.3, -0.25) is 9.59 Å². The molecule has 0 N–H and O–H groups in total. The number of rotatable bonds is 36. The third-order valence-corrected chi connectivity index (χ3v) is 9.12. The topological polar surface area (TPSA) is 102 Å². The number of unbranched alkanes of at least 4 members (excludes halogenated alkanes) is 18. The van der Waals surface area contributed by atoms with Crippen LogP contribution in [0.4, 0.5) is 0 Å². The second-order valence-corrected chi connectivity index (χ2v) is 14.8. The number of allylic oxidation sites excluding steroid dienone is 4. The van der Waals surface area contributed by atoms with E-state index in [2.05, 4.69) is 26.0 Å². The molecule has 0 radical (unpaired) electrons. The summed E-state index contributed by atoms with van der Waals surface area (Å²) in [5.41, 5.74) is 0. The van der Waals surface area contributed by atoms with E-state index >= 15 is 0 Å². The molecule has 0 fully saturated rings. The molecule has 0 aliphatic carbocycles. The highest BCUT2D eigenvalue weighted by Gasteiger charge is 2.25. The first-order chi connectivity index (χ1) is 24.1. The molecule has 0 bridgehead atoms. The zero-order chi connectivity index (χ0) is 37.1. The summed E-state index contributed by atoms with van der Waals surface area (Å²) >= 11 is 0. The highest BCUT2D eigenvalue weighted by molar-refractivity contribution is 5.70. The Labute approximate surface area is 307 Å². The van der Waals surface area contributed by atoms with Crippen LogP contribution in [0, 0.1) is 0 Å². The zero-order valence-corrected chi connectivity index (χ0v) is 33.1. The lowest BCUT2D eigenvalue weighted by atomic mass is 10.0. The quantitative estimate of drug-likeness (QED) is 0.0277. The van der Waals surface area contributed by atoms with Gasteiger partial charge in [0.1, 0.15) is 12.6 Å². The predicted octanol–water partition coefficient (Wildman–Crippen LogP) is 9.19. The van der Waals surface area contributed by atoms with E-state index in [1.54, 1.807) is 21.1 Å². The van der Waals surface area contributed by atoms with Gasteiger partial charge in [-0.1, -0.05) is 154 Å². The molecule has 0 rings (SSSR count). The summed E-state index contributed by atoms with van der Waals surface area (Å²) in [4.78, 5) is 36.5. The van der Waals surface area contributed by atoms with Crippen LogP contribution in [0.3, 0.4) is 0 Å². The fourth-order valence-corrected chi connectivity index (χ4v) is 5.95. The number of carbonyl (C=O) groups is 3. The first-order valence-electron chi connectivity index (χ1n) is 20.4. The molecule has 2 unspecified atom stereocenters. The fourth-order valence-electron chi connectivity index (χ4n) is 5.95. The van der Waals surface area contributed by atoms with Gasteiger partial charge in [0.05, 0.1) is 40.3 Å². The number of ether oxygens (including phenoxy) is 3. The number of carboxylic acid groups (broad SMARTS) is 1. The molecule has 0 saturated heterocycles. The summed E-state index contributed by atoms with van der Waals surface area (Å²) < 4.78 is 17.0. The van der Waals surface area contributed by atoms with Crippen molar-refractivity contribution in [3.63, 3.8) is 0 Å². The van der Waals surface area contributed by atoms with Gasteiger partial charge in [0, 0.05) is 19.3 Å². The Morgan fingerprint density at radius 2 is 1.12 bits per heavy atom. The highest BCUT2D eigenvalue weighted by Crippen LogP contribution is 2.15. The summed E-state index contributed by atoms with van der Waals surface area (Å²) in [6.45, 7) is 4.45. The van der Waals surface area contributed by atoms with Crippen LogP contribution in [0.1, 0.15) is 174 Å². The Balaban J connectivity index is 4.19. The van der Waals surface area contributed by atoms with Crippen molar-refractivity contribution in [3.8, 4) is 0 Å². The van der Waals surface area contributed by atoms with Crippen LogP contribution in [0.15, 0.2) is 24.3 Å². The number of hydrogen-bond acceptors (Lipinski definition) is 7. The standard InChI is InChI=1S/C42H77NO7/c1-6-8-10-12-14-15-16-17-18-19-20-21-22-23-24-25-27-28-30-32-40(44)49-37-38(36-48-35-34-39(42(46)47)43(3,4)5)50-41(45)33-31-29-26-13-11-9-7-2/h9,11,26,29,38-39H,6-8,10,12-25,27-28,30-37H2,1-5H3/b11-9+,29-26+. The number of carboxylic acids is 1. The van der Waals surface area contributed by atoms with E-state index in [1.807, 2.05) is 12.2 Å². The van der Waals surface area contributed by atoms with Gasteiger partial charge in [-0.15, -0.1) is 0 Å². The number of nitrogens with zero attached hydrogens (tertiary/aromatic N) is 1. The van der Waals surface area contributed by atoms with Crippen molar-refractivity contribution in [2.24, 2.45) is 0 Å². The normalized spacial score (nSPS) is 13.2. The van der Waals surface area contributed by atoms with Crippen LogP contribution in [0.2, 0.25) is 0 Å². The van der Waals surface area contributed by atoms with E-state index < -0.39 is 18.1 Å². The summed E-state index contributed by atoms with van der Waals surface area (Å²) in [5, 5.41) is 11.6. The van der Waals surface area contributed by atoms with E-state index in [0.29, 0.717) is 12.8 Å². The van der Waals surface area contributed by atoms with Gasteiger partial charge in [-0.2, -0.15) is 0 Å². The molecule has 8 heteroatoms. The SMILES string of the molecule is CC/C=C/C/C=C/CCC(=O)OC(COCCC(C(=O)[O-])[N+](C)(C)C)COC(=O)CCCCCCCCCCCCCCCCCCCCC. The first kappa shape index (κ1) is 47.8. The minimum absolute atomic E-state index is 0.0207. The van der Waals surface area contributed by atoms with Crippen molar-refractivity contribution in [1.82, 2.24) is 0 Å². The lowest BCUT2D eigenvalue weighted by molar-refractivity contribution is -0.889. The van der Waals surface area contributed by atoms with Crippen molar-refractivity contribution in [2.45, 2.75) is 187 Å². The van der Waals surface area contributed by atoms with E-state index in [4.69, 9.17) is 14.2 Å². The van der Waals surface area contributed by atoms with Gasteiger partial charge in [0.25, 0.3) is 0 Å². The molecular weight excluding hydrogens is 630 g/mol. The smallest absolute Gasteiger partial charge is 0.306 e. The van der Waals surface area contributed by atoms with Crippen LogP contribution in [-0.4, -0.2) is 75.5 Å². The molecule has 0 aromatic carbocycles. The molecule has 0 amide bonds. The van der Waals surface area contributed by atoms with Crippen LogP contribution in [0.5, 0.6) is 0 Å². The molecule has 0 aliphatic rings. The Bertz CT molecular complexity index is 880. The number of aliphatic carboxylic acids is 1. The molecule has 0 spiro atoms. The Morgan fingerprint density at radius 3 is 1.60 bits per heavy atom. The van der Waals surface area contributed by atoms with Crippen molar-refractivity contribution in [2.75, 3.05) is 41.0 Å². The molecule has 0 aromatic heterocycles. The Morgan fingerprint density at radius 1 is 0.620 bits per heavy atom. The number of esters is 2. The van der Waals surface area contributed by atoms with Crippen LogP contribution in [-0.2, 0) is 28.6 Å². The number of carbonyl (C=O) groups excluding carboxylic acids is 3. The van der Waals surface area contributed by atoms with Crippen molar-refractivity contribution in [3.05, 3.63) is 24.3 Å². The minimum atomic E-state index is -1.13. The summed E-state index contributed by atoms with van der Waals surface area (Å²) in [6, 6.07) is -0.730. The molecule has 0 aromatic rings. The molecular formula is C42H77NO7. The van der Waals surface area contributed by atoms with Gasteiger partial charge in [0.2, 0.25) is 0 Å². The molecule has 50 heavy (non-hydrogen) atoms. The van der Waals surface area contributed by atoms with Crippen LogP contribution < -0.4 is 5.11 Å². The summed E-state index contributed by atoms with van der Waals surface area (Å²) in [6.07, 6.45) is 35.4. The molecule has 0 aliphatic heterocycles. The second kappa shape index (κ2) is 33.9. The van der Waals surface area contributed by atoms with E-state index in [9.17, 15) is 19.5 Å². The highest BCUT2D eigenvalue weighted by atomic mass is 16.6. The number of hydrogen-bond donors (Lipinski definition) is 0. The minimum Gasteiger partial charge on any atom is -0.544 e. The van der Waals surface area contributed by atoms with Crippen LogP contribution >= 0.6 is 0 Å². The average Bonchev–Trinajstić information content (AvgIpc) is 3.06. The zero-order valence-electron chi connectivity index (χ0n) is 33.1. The van der Waals surface area contributed by atoms with Crippen molar-refractivity contribution >= 4 is 17.9 Å². The number of likely N-dealkylation sites (N-methyl/N-ethyl adjacent to an activating group) is 1. The molecule has 8 nitrogen and oxygen atoms in total.